The lowest BCUT2D eigenvalue weighted by molar-refractivity contribution is 0.102. The molecule has 1 heterocycles. The van der Waals surface area contributed by atoms with E-state index in [9.17, 15) is 14.0 Å². The highest BCUT2D eigenvalue weighted by atomic mass is 19.1. The molecule has 4 N–H and O–H groups in total. The molecule has 6 heteroatoms. The van der Waals surface area contributed by atoms with E-state index < -0.39 is 11.7 Å². The predicted molar refractivity (Wildman–Crippen MR) is 69.3 cm³/mol. The molecule has 1 aromatic carbocycles. The molecule has 2 rings (SSSR count). The lowest BCUT2D eigenvalue weighted by atomic mass is 10.2. The van der Waals surface area contributed by atoms with E-state index in [1.165, 1.54) is 36.4 Å². The Hall–Kier alpha value is -2.47. The van der Waals surface area contributed by atoms with E-state index in [1.54, 1.807) is 0 Å². The highest BCUT2D eigenvalue weighted by molar-refractivity contribution is 6.02. The number of H-pyrrole nitrogens is 1. The van der Waals surface area contributed by atoms with Gasteiger partial charge in [-0.25, -0.2) is 4.39 Å². The van der Waals surface area contributed by atoms with Gasteiger partial charge in [0.1, 0.15) is 11.5 Å². The molecular weight excluding hydrogens is 249 g/mol. The van der Waals surface area contributed by atoms with Crippen molar-refractivity contribution >= 4 is 11.6 Å². The van der Waals surface area contributed by atoms with Crippen LogP contribution in [0.15, 0.2) is 41.2 Å². The molecule has 0 aliphatic rings. The fourth-order valence-corrected chi connectivity index (χ4v) is 1.59. The molecule has 0 aliphatic heterocycles. The van der Waals surface area contributed by atoms with Gasteiger partial charge in [-0.3, -0.25) is 9.59 Å². The zero-order chi connectivity index (χ0) is 13.8. The van der Waals surface area contributed by atoms with Crippen molar-refractivity contribution in [2.24, 2.45) is 5.73 Å². The molecule has 1 aromatic heterocycles. The molecule has 0 atom stereocenters. The number of nitrogens with one attached hydrogen (secondary N) is 2. The fourth-order valence-electron chi connectivity index (χ4n) is 1.59. The summed E-state index contributed by atoms with van der Waals surface area (Å²) in [5.74, 6) is -0.902. The monoisotopic (exact) mass is 261 g/mol. The van der Waals surface area contributed by atoms with Gasteiger partial charge in [0.2, 0.25) is 5.56 Å². The Labute approximate surface area is 108 Å². The van der Waals surface area contributed by atoms with Crippen LogP contribution in [0.4, 0.5) is 10.1 Å². The van der Waals surface area contributed by atoms with Crippen molar-refractivity contribution < 1.29 is 9.18 Å². The Morgan fingerprint density at radius 1 is 1.32 bits per heavy atom. The van der Waals surface area contributed by atoms with Gasteiger partial charge in [-0.15, -0.1) is 0 Å². The summed E-state index contributed by atoms with van der Waals surface area (Å²) in [6.07, 6.45) is 0. The number of benzene rings is 1. The average molecular weight is 261 g/mol. The van der Waals surface area contributed by atoms with Crippen LogP contribution < -0.4 is 16.6 Å². The van der Waals surface area contributed by atoms with Gasteiger partial charge in [-0.1, -0.05) is 6.07 Å². The summed E-state index contributed by atoms with van der Waals surface area (Å²) in [4.78, 5) is 25.3. The molecule has 0 radical (unpaired) electrons. The number of hydrogen-bond acceptors (Lipinski definition) is 3. The number of pyridine rings is 1. The Morgan fingerprint density at radius 2 is 2.11 bits per heavy atom. The van der Waals surface area contributed by atoms with Gasteiger partial charge >= 0.3 is 0 Å². The molecule has 0 spiro atoms. The van der Waals surface area contributed by atoms with Gasteiger partial charge in [0, 0.05) is 23.9 Å². The van der Waals surface area contributed by atoms with Gasteiger partial charge in [0.25, 0.3) is 5.91 Å². The van der Waals surface area contributed by atoms with Crippen molar-refractivity contribution in [3.8, 4) is 0 Å². The van der Waals surface area contributed by atoms with Crippen LogP contribution in [0.25, 0.3) is 0 Å². The molecule has 5 nitrogen and oxygen atoms in total. The van der Waals surface area contributed by atoms with Crippen LogP contribution in [0, 0.1) is 5.82 Å². The van der Waals surface area contributed by atoms with E-state index in [1.807, 2.05) is 0 Å². The minimum Gasteiger partial charge on any atom is -0.326 e. The number of anilines is 1. The van der Waals surface area contributed by atoms with E-state index in [-0.39, 0.29) is 17.8 Å². The molecule has 0 saturated heterocycles. The van der Waals surface area contributed by atoms with Crippen molar-refractivity contribution in [2.45, 2.75) is 6.54 Å². The van der Waals surface area contributed by atoms with E-state index in [4.69, 9.17) is 5.73 Å². The second-order valence-corrected chi connectivity index (χ2v) is 3.89. The average Bonchev–Trinajstić information content (AvgIpc) is 2.41. The second-order valence-electron chi connectivity index (χ2n) is 3.89. The third-order valence-corrected chi connectivity index (χ3v) is 2.54. The third kappa shape index (κ3) is 3.05. The number of halogens is 1. The first-order chi connectivity index (χ1) is 9.10. The van der Waals surface area contributed by atoms with Crippen molar-refractivity contribution in [3.05, 3.63) is 63.8 Å². The molecule has 1 amide bonds. The van der Waals surface area contributed by atoms with E-state index in [0.717, 1.165) is 0 Å². The van der Waals surface area contributed by atoms with Crippen LogP contribution in [-0.4, -0.2) is 10.9 Å². The van der Waals surface area contributed by atoms with Crippen LogP contribution >= 0.6 is 0 Å². The maximum Gasteiger partial charge on any atom is 0.272 e. The minimum absolute atomic E-state index is 0.0394. The summed E-state index contributed by atoms with van der Waals surface area (Å²) in [5, 5.41) is 2.56. The Bertz CT molecular complexity index is 667. The van der Waals surface area contributed by atoms with Crippen LogP contribution in [0.3, 0.4) is 0 Å². The van der Waals surface area contributed by atoms with Crippen LogP contribution in [0.2, 0.25) is 0 Å². The summed E-state index contributed by atoms with van der Waals surface area (Å²) in [6.45, 7) is 0.0394. The van der Waals surface area contributed by atoms with Crippen molar-refractivity contribution in [2.75, 3.05) is 5.32 Å². The second kappa shape index (κ2) is 5.45. The standard InChI is InChI=1S/C13H12FN3O2/c14-10-5-4-9(6-8(10)7-15)16-13(19)11-2-1-3-12(18)17-11/h1-6H,7,15H2,(H,16,19)(H,17,18). The summed E-state index contributed by atoms with van der Waals surface area (Å²) in [7, 11) is 0. The largest absolute Gasteiger partial charge is 0.326 e. The number of aromatic nitrogens is 1. The highest BCUT2D eigenvalue weighted by Gasteiger charge is 2.08. The Kier molecular flexibility index (Phi) is 3.72. The number of hydrogen-bond donors (Lipinski definition) is 3. The predicted octanol–water partition coefficient (Wildman–Crippen LogP) is 1.22. The molecule has 0 fully saturated rings. The van der Waals surface area contributed by atoms with Crippen molar-refractivity contribution in [1.29, 1.82) is 0 Å². The SMILES string of the molecule is NCc1cc(NC(=O)c2cccc(=O)[nH]2)ccc1F. The summed E-state index contributed by atoms with van der Waals surface area (Å²) >= 11 is 0. The van der Waals surface area contributed by atoms with Crippen molar-refractivity contribution in [1.82, 2.24) is 4.98 Å². The zero-order valence-corrected chi connectivity index (χ0v) is 9.94. The zero-order valence-electron chi connectivity index (χ0n) is 9.94. The Balaban J connectivity index is 2.21. The van der Waals surface area contributed by atoms with E-state index in [2.05, 4.69) is 10.3 Å². The Morgan fingerprint density at radius 3 is 2.79 bits per heavy atom. The van der Waals surface area contributed by atoms with Gasteiger partial charge in [0.15, 0.2) is 0 Å². The smallest absolute Gasteiger partial charge is 0.272 e. The molecule has 0 aliphatic carbocycles. The number of rotatable bonds is 3. The highest BCUT2D eigenvalue weighted by Crippen LogP contribution is 2.14. The summed E-state index contributed by atoms with van der Waals surface area (Å²) in [5.41, 5.74) is 5.86. The molecule has 0 saturated carbocycles. The van der Waals surface area contributed by atoms with Gasteiger partial charge in [0.05, 0.1) is 0 Å². The third-order valence-electron chi connectivity index (χ3n) is 2.54. The first kappa shape index (κ1) is 13.0. The number of carbonyl (C=O) groups is 1. The lowest BCUT2D eigenvalue weighted by Crippen LogP contribution is -2.18. The quantitative estimate of drug-likeness (QED) is 0.776. The van der Waals surface area contributed by atoms with E-state index >= 15 is 0 Å². The number of carbonyl (C=O) groups excluding carboxylic acids is 1. The molecule has 98 valence electrons. The first-order valence-electron chi connectivity index (χ1n) is 5.59. The molecule has 0 unspecified atom stereocenters. The van der Waals surface area contributed by atoms with Crippen LogP contribution in [-0.2, 0) is 6.54 Å². The van der Waals surface area contributed by atoms with Crippen molar-refractivity contribution in [3.63, 3.8) is 0 Å². The molecule has 0 bridgehead atoms. The maximum atomic E-state index is 13.2. The van der Waals surface area contributed by atoms with Crippen LogP contribution in [0.1, 0.15) is 16.1 Å². The maximum absolute atomic E-state index is 13.2. The minimum atomic E-state index is -0.479. The topological polar surface area (TPSA) is 88.0 Å². The number of amides is 1. The molecule has 2 aromatic rings. The fraction of sp³-hybridized carbons (Fsp3) is 0.0769. The van der Waals surface area contributed by atoms with Crippen LogP contribution in [0.5, 0.6) is 0 Å². The number of nitrogens with two attached hydrogens (primary N) is 1. The number of aromatic amines is 1. The molecule has 19 heavy (non-hydrogen) atoms. The van der Waals surface area contributed by atoms with Gasteiger partial charge in [-0.05, 0) is 24.3 Å². The van der Waals surface area contributed by atoms with Gasteiger partial charge < -0.3 is 16.0 Å². The lowest BCUT2D eigenvalue weighted by Gasteiger charge is -2.07. The van der Waals surface area contributed by atoms with E-state index in [0.29, 0.717) is 11.3 Å². The normalized spacial score (nSPS) is 10.2. The summed E-state index contributed by atoms with van der Waals surface area (Å²) < 4.78 is 13.2. The molecular formula is C13H12FN3O2. The summed E-state index contributed by atoms with van der Waals surface area (Å²) in [6, 6.07) is 8.36. The van der Waals surface area contributed by atoms with Gasteiger partial charge in [-0.2, -0.15) is 0 Å². The first-order valence-corrected chi connectivity index (χ1v) is 5.59.